The van der Waals surface area contributed by atoms with Crippen LogP contribution in [0.1, 0.15) is 23.2 Å². The molecule has 0 spiro atoms. The number of hydrogen-bond acceptors (Lipinski definition) is 5. The molecule has 11 heteroatoms. The topological polar surface area (TPSA) is 120 Å². The Labute approximate surface area is 161 Å². The number of nitrogens with one attached hydrogen (secondary N) is 3. The van der Waals surface area contributed by atoms with Gasteiger partial charge in [0.25, 0.3) is 5.91 Å². The van der Waals surface area contributed by atoms with Crippen molar-refractivity contribution in [2.24, 2.45) is 0 Å². The minimum atomic E-state index is -4.12. The van der Waals surface area contributed by atoms with Crippen molar-refractivity contribution < 1.29 is 22.4 Å². The minimum Gasteiger partial charge on any atom is -0.320 e. The number of hydrazine groups is 1. The number of halogens is 1. The van der Waals surface area contributed by atoms with E-state index in [9.17, 15) is 22.4 Å². The summed E-state index contributed by atoms with van der Waals surface area (Å²) in [6.45, 7) is 0.144. The first-order chi connectivity index (χ1) is 13.4. The number of aromatic nitrogens is 1. The Morgan fingerprint density at radius 3 is 2.54 bits per heavy atom. The number of amides is 3. The smallest absolute Gasteiger partial charge is 0.320 e. The summed E-state index contributed by atoms with van der Waals surface area (Å²) in [7, 11) is -4.12. The number of urea groups is 1. The highest BCUT2D eigenvalue weighted by Gasteiger charge is 2.37. The molecule has 1 atom stereocenters. The predicted molar refractivity (Wildman–Crippen MR) is 96.7 cm³/mol. The Kier molecular flexibility index (Phi) is 5.85. The molecule has 1 aliphatic rings. The van der Waals surface area contributed by atoms with E-state index >= 15 is 0 Å². The van der Waals surface area contributed by atoms with E-state index in [2.05, 4.69) is 21.2 Å². The number of nitrogens with zero attached hydrogens (tertiary/aromatic N) is 2. The molecular formula is C17H18FN5O4S. The first-order valence-corrected chi connectivity index (χ1v) is 9.87. The van der Waals surface area contributed by atoms with Crippen LogP contribution >= 0.6 is 0 Å². The van der Waals surface area contributed by atoms with Gasteiger partial charge in [-0.3, -0.25) is 15.2 Å². The van der Waals surface area contributed by atoms with Gasteiger partial charge in [0.1, 0.15) is 10.7 Å². The van der Waals surface area contributed by atoms with Gasteiger partial charge in [0.15, 0.2) is 0 Å². The number of benzene rings is 1. The number of hydrogen-bond donors (Lipinski definition) is 3. The molecule has 3 rings (SSSR count). The number of rotatable bonds is 4. The standard InChI is InChI=1S/C17H18FN5O4S/c18-13-4-1-2-5-14(13)28(26,27)23-11-3-6-15(23)20-17(25)22-21-16(24)12-7-9-19-10-8-12/h1-2,4-5,7-10,15H,3,6,11H2,(H,21,24)(H2,20,22,25). The SMILES string of the molecule is O=C(NNC(=O)c1ccncc1)NC1CCCN1S(=O)(=O)c1ccccc1F. The van der Waals surface area contributed by atoms with Crippen molar-refractivity contribution in [3.05, 3.63) is 60.2 Å². The summed E-state index contributed by atoms with van der Waals surface area (Å²) in [5.74, 6) is -1.41. The molecule has 1 unspecified atom stereocenters. The molecule has 0 saturated carbocycles. The molecule has 9 nitrogen and oxygen atoms in total. The van der Waals surface area contributed by atoms with Crippen molar-refractivity contribution >= 4 is 22.0 Å². The zero-order chi connectivity index (χ0) is 20.1. The van der Waals surface area contributed by atoms with E-state index in [0.717, 1.165) is 10.4 Å². The van der Waals surface area contributed by atoms with Gasteiger partial charge in [-0.2, -0.15) is 4.31 Å². The molecule has 1 aromatic carbocycles. The fourth-order valence-corrected chi connectivity index (χ4v) is 4.51. The zero-order valence-electron chi connectivity index (χ0n) is 14.6. The second-order valence-electron chi connectivity index (χ2n) is 5.99. The van der Waals surface area contributed by atoms with E-state index in [4.69, 9.17) is 0 Å². The van der Waals surface area contributed by atoms with Gasteiger partial charge in [0, 0.05) is 24.5 Å². The van der Waals surface area contributed by atoms with Gasteiger partial charge in [0.2, 0.25) is 10.0 Å². The van der Waals surface area contributed by atoms with Gasteiger partial charge >= 0.3 is 6.03 Å². The lowest BCUT2D eigenvalue weighted by molar-refractivity contribution is 0.0935. The van der Waals surface area contributed by atoms with Crippen molar-refractivity contribution in [1.82, 2.24) is 25.5 Å². The largest absolute Gasteiger partial charge is 0.334 e. The molecular weight excluding hydrogens is 389 g/mol. The fourth-order valence-electron chi connectivity index (χ4n) is 2.83. The maximum Gasteiger partial charge on any atom is 0.334 e. The van der Waals surface area contributed by atoms with E-state index in [1.165, 1.54) is 42.7 Å². The van der Waals surface area contributed by atoms with Gasteiger partial charge in [-0.25, -0.2) is 23.0 Å². The molecule has 0 radical (unpaired) electrons. The molecule has 0 aliphatic carbocycles. The van der Waals surface area contributed by atoms with Crippen LogP contribution in [0.15, 0.2) is 53.7 Å². The summed E-state index contributed by atoms with van der Waals surface area (Å²) in [6, 6.07) is 7.20. The summed E-state index contributed by atoms with van der Waals surface area (Å²) >= 11 is 0. The van der Waals surface area contributed by atoms with Crippen LogP contribution in [0, 0.1) is 5.82 Å². The van der Waals surface area contributed by atoms with Crippen LogP contribution in [0.25, 0.3) is 0 Å². The summed E-state index contributed by atoms with van der Waals surface area (Å²) in [6.07, 6.45) is 2.86. The first kappa shape index (κ1) is 19.7. The third-order valence-electron chi connectivity index (χ3n) is 4.16. The highest BCUT2D eigenvalue weighted by Crippen LogP contribution is 2.26. The van der Waals surface area contributed by atoms with E-state index < -0.39 is 38.8 Å². The van der Waals surface area contributed by atoms with Gasteiger partial charge in [-0.15, -0.1) is 0 Å². The maximum atomic E-state index is 13.9. The van der Waals surface area contributed by atoms with Gasteiger partial charge < -0.3 is 5.32 Å². The summed E-state index contributed by atoms with van der Waals surface area (Å²) in [4.78, 5) is 27.3. The van der Waals surface area contributed by atoms with Crippen LogP contribution in [-0.4, -0.2) is 42.4 Å². The summed E-state index contributed by atoms with van der Waals surface area (Å²) in [5, 5.41) is 2.48. The molecule has 1 fully saturated rings. The highest BCUT2D eigenvalue weighted by atomic mass is 32.2. The normalized spacial score (nSPS) is 17.1. The number of carbonyl (C=O) groups excluding carboxylic acids is 2. The highest BCUT2D eigenvalue weighted by molar-refractivity contribution is 7.89. The number of pyridine rings is 1. The Morgan fingerprint density at radius 2 is 1.82 bits per heavy atom. The molecule has 1 saturated heterocycles. The summed E-state index contributed by atoms with van der Waals surface area (Å²) in [5.41, 5.74) is 4.67. The molecule has 2 aromatic rings. The third-order valence-corrected chi connectivity index (χ3v) is 6.10. The van der Waals surface area contributed by atoms with E-state index in [1.807, 2.05) is 0 Å². The average molecular weight is 407 g/mol. The molecule has 28 heavy (non-hydrogen) atoms. The Bertz CT molecular complexity index is 971. The first-order valence-electron chi connectivity index (χ1n) is 8.43. The third kappa shape index (κ3) is 4.26. The molecule has 1 aliphatic heterocycles. The van der Waals surface area contributed by atoms with Crippen LogP contribution < -0.4 is 16.2 Å². The van der Waals surface area contributed by atoms with Crippen molar-refractivity contribution in [3.63, 3.8) is 0 Å². The molecule has 2 heterocycles. The zero-order valence-corrected chi connectivity index (χ0v) is 15.4. The van der Waals surface area contributed by atoms with Crippen LogP contribution in [0.2, 0.25) is 0 Å². The molecule has 3 amide bonds. The lowest BCUT2D eigenvalue weighted by atomic mass is 10.3. The van der Waals surface area contributed by atoms with Crippen molar-refractivity contribution in [2.75, 3.05) is 6.54 Å². The molecule has 1 aromatic heterocycles. The predicted octanol–water partition coefficient (Wildman–Crippen LogP) is 0.976. The second-order valence-corrected chi connectivity index (χ2v) is 7.85. The average Bonchev–Trinajstić information content (AvgIpc) is 3.16. The van der Waals surface area contributed by atoms with Crippen LogP contribution in [0.3, 0.4) is 0 Å². The Balaban J connectivity index is 1.63. The lowest BCUT2D eigenvalue weighted by Crippen LogP contribution is -2.54. The van der Waals surface area contributed by atoms with Crippen LogP contribution in [0.4, 0.5) is 9.18 Å². The van der Waals surface area contributed by atoms with E-state index in [-0.39, 0.29) is 6.54 Å². The number of sulfonamides is 1. The monoisotopic (exact) mass is 407 g/mol. The van der Waals surface area contributed by atoms with Crippen LogP contribution in [0.5, 0.6) is 0 Å². The van der Waals surface area contributed by atoms with Crippen molar-refractivity contribution in [2.45, 2.75) is 23.9 Å². The number of carbonyl (C=O) groups is 2. The quantitative estimate of drug-likeness (QED) is 0.653. The second kappa shape index (κ2) is 8.31. The van der Waals surface area contributed by atoms with Crippen molar-refractivity contribution in [1.29, 1.82) is 0 Å². The van der Waals surface area contributed by atoms with Crippen LogP contribution in [-0.2, 0) is 10.0 Å². The Hall–Kier alpha value is -3.05. The molecule has 148 valence electrons. The van der Waals surface area contributed by atoms with Gasteiger partial charge in [0.05, 0.1) is 6.17 Å². The van der Waals surface area contributed by atoms with Gasteiger partial charge in [-0.05, 0) is 37.1 Å². The van der Waals surface area contributed by atoms with E-state index in [1.54, 1.807) is 0 Å². The molecule has 0 bridgehead atoms. The Morgan fingerprint density at radius 1 is 1.11 bits per heavy atom. The van der Waals surface area contributed by atoms with Crippen molar-refractivity contribution in [3.8, 4) is 0 Å². The van der Waals surface area contributed by atoms with Gasteiger partial charge in [-0.1, -0.05) is 12.1 Å². The fraction of sp³-hybridized carbons (Fsp3) is 0.235. The minimum absolute atomic E-state index is 0.144. The molecule has 3 N–H and O–H groups in total. The summed E-state index contributed by atoms with van der Waals surface area (Å²) < 4.78 is 40.5. The lowest BCUT2D eigenvalue weighted by Gasteiger charge is -2.25. The van der Waals surface area contributed by atoms with E-state index in [0.29, 0.717) is 18.4 Å². The maximum absolute atomic E-state index is 13.9.